The van der Waals surface area contributed by atoms with Crippen molar-refractivity contribution in [3.05, 3.63) is 53.6 Å². The molecule has 0 bridgehead atoms. The summed E-state index contributed by atoms with van der Waals surface area (Å²) in [4.78, 5) is 0. The van der Waals surface area contributed by atoms with Crippen LogP contribution in [0.2, 0.25) is 5.02 Å². The van der Waals surface area contributed by atoms with Gasteiger partial charge in [-0.3, -0.25) is 0 Å². The van der Waals surface area contributed by atoms with Crippen molar-refractivity contribution < 1.29 is 10.0 Å². The minimum absolute atomic E-state index is 0.479. The number of hydrogen-bond acceptors (Lipinski definition) is 2. The second kappa shape index (κ2) is 4.70. The molecule has 0 saturated carbocycles. The average molecular weight is 232 g/mol. The van der Waals surface area contributed by atoms with Gasteiger partial charge in [0.2, 0.25) is 0 Å². The third kappa shape index (κ3) is 2.45. The highest BCUT2D eigenvalue weighted by Crippen LogP contribution is 2.20. The second-order valence-corrected chi connectivity index (χ2v) is 3.94. The van der Waals surface area contributed by atoms with E-state index in [1.165, 1.54) is 0 Å². The maximum Gasteiger partial charge on any atom is 0.488 e. The first-order chi connectivity index (χ1) is 7.66. The lowest BCUT2D eigenvalue weighted by Crippen LogP contribution is -2.29. The molecule has 0 amide bonds. The van der Waals surface area contributed by atoms with Crippen LogP contribution in [0.4, 0.5) is 0 Å². The molecule has 16 heavy (non-hydrogen) atoms. The van der Waals surface area contributed by atoms with Crippen LogP contribution in [0.5, 0.6) is 0 Å². The summed E-state index contributed by atoms with van der Waals surface area (Å²) in [5, 5.41) is 18.8. The van der Waals surface area contributed by atoms with E-state index in [2.05, 4.69) is 0 Å². The minimum Gasteiger partial charge on any atom is -0.423 e. The fourth-order valence-electron chi connectivity index (χ4n) is 1.52. The normalized spacial score (nSPS) is 10.2. The summed E-state index contributed by atoms with van der Waals surface area (Å²) in [6.45, 7) is 0. The molecule has 0 unspecified atom stereocenters. The lowest BCUT2D eigenvalue weighted by Gasteiger charge is -2.04. The largest absolute Gasteiger partial charge is 0.488 e. The molecule has 0 aromatic heterocycles. The first-order valence-corrected chi connectivity index (χ1v) is 5.26. The molecule has 0 heterocycles. The molecule has 2 aromatic rings. The Morgan fingerprint density at radius 2 is 1.56 bits per heavy atom. The predicted octanol–water partition coefficient (Wildman–Crippen LogP) is 1.69. The number of rotatable bonds is 2. The van der Waals surface area contributed by atoms with Gasteiger partial charge in [-0.2, -0.15) is 0 Å². The molecular weight excluding hydrogens is 222 g/mol. The van der Waals surface area contributed by atoms with Crippen molar-refractivity contribution in [3.63, 3.8) is 0 Å². The molecule has 0 saturated heterocycles. The van der Waals surface area contributed by atoms with E-state index < -0.39 is 7.12 Å². The van der Waals surface area contributed by atoms with Crippen LogP contribution in [0, 0.1) is 0 Å². The van der Waals surface area contributed by atoms with Crippen molar-refractivity contribution >= 4 is 24.2 Å². The standard InChI is InChI=1S/C12H10BClO2/c14-12-6-4-9(5-7-12)10-2-1-3-11(8-10)13(15)16/h1-8,15-16H. The molecule has 2 rings (SSSR count). The number of benzene rings is 2. The van der Waals surface area contributed by atoms with Crippen molar-refractivity contribution in [3.8, 4) is 11.1 Å². The van der Waals surface area contributed by atoms with E-state index in [1.807, 2.05) is 18.2 Å². The third-order valence-electron chi connectivity index (χ3n) is 2.36. The van der Waals surface area contributed by atoms with Gasteiger partial charge in [0.1, 0.15) is 0 Å². The molecule has 0 atom stereocenters. The van der Waals surface area contributed by atoms with Gasteiger partial charge in [-0.1, -0.05) is 48.0 Å². The fraction of sp³-hybridized carbons (Fsp3) is 0. The van der Waals surface area contributed by atoms with Gasteiger partial charge < -0.3 is 10.0 Å². The molecule has 0 aliphatic heterocycles. The summed E-state index contributed by atoms with van der Waals surface area (Å²) in [5.41, 5.74) is 2.40. The second-order valence-electron chi connectivity index (χ2n) is 3.51. The summed E-state index contributed by atoms with van der Waals surface area (Å²) in [6.07, 6.45) is 0. The first kappa shape index (κ1) is 11.2. The SMILES string of the molecule is OB(O)c1cccc(-c2ccc(Cl)cc2)c1. The van der Waals surface area contributed by atoms with Gasteiger partial charge in [0.25, 0.3) is 0 Å². The average Bonchev–Trinajstić information content (AvgIpc) is 2.30. The third-order valence-corrected chi connectivity index (χ3v) is 2.61. The monoisotopic (exact) mass is 232 g/mol. The van der Waals surface area contributed by atoms with Gasteiger partial charge in [0.05, 0.1) is 0 Å². The molecule has 4 heteroatoms. The van der Waals surface area contributed by atoms with E-state index in [9.17, 15) is 0 Å². The lowest BCUT2D eigenvalue weighted by molar-refractivity contribution is 0.426. The Kier molecular flexibility index (Phi) is 3.29. The van der Waals surface area contributed by atoms with Crippen LogP contribution in [-0.2, 0) is 0 Å². The van der Waals surface area contributed by atoms with E-state index >= 15 is 0 Å². The van der Waals surface area contributed by atoms with E-state index in [0.717, 1.165) is 11.1 Å². The Labute approximate surface area is 99.3 Å². The Balaban J connectivity index is 2.40. The minimum atomic E-state index is -1.44. The highest BCUT2D eigenvalue weighted by molar-refractivity contribution is 6.58. The predicted molar refractivity (Wildman–Crippen MR) is 66.7 cm³/mol. The molecule has 0 spiro atoms. The van der Waals surface area contributed by atoms with Crippen LogP contribution < -0.4 is 5.46 Å². The summed E-state index contributed by atoms with van der Waals surface area (Å²) in [7, 11) is -1.44. The molecular formula is C12H10BClO2. The first-order valence-electron chi connectivity index (χ1n) is 4.89. The van der Waals surface area contributed by atoms with Gasteiger partial charge in [-0.05, 0) is 28.7 Å². The summed E-state index contributed by atoms with van der Waals surface area (Å²) >= 11 is 5.80. The zero-order chi connectivity index (χ0) is 11.5. The Morgan fingerprint density at radius 1 is 0.875 bits per heavy atom. The van der Waals surface area contributed by atoms with Crippen LogP contribution in [0.25, 0.3) is 11.1 Å². The van der Waals surface area contributed by atoms with Crippen LogP contribution in [0.15, 0.2) is 48.5 Å². The highest BCUT2D eigenvalue weighted by Gasteiger charge is 2.10. The van der Waals surface area contributed by atoms with Crippen LogP contribution in [0.1, 0.15) is 0 Å². The van der Waals surface area contributed by atoms with Gasteiger partial charge in [-0.15, -0.1) is 0 Å². The van der Waals surface area contributed by atoms with E-state index in [0.29, 0.717) is 10.5 Å². The van der Waals surface area contributed by atoms with Crippen LogP contribution in [0.3, 0.4) is 0 Å². The zero-order valence-corrected chi connectivity index (χ0v) is 9.22. The van der Waals surface area contributed by atoms with E-state index in [1.54, 1.807) is 30.3 Å². The number of hydrogen-bond donors (Lipinski definition) is 2. The Morgan fingerprint density at radius 3 is 2.19 bits per heavy atom. The van der Waals surface area contributed by atoms with Crippen molar-refractivity contribution in [2.24, 2.45) is 0 Å². The van der Waals surface area contributed by atoms with E-state index in [4.69, 9.17) is 21.6 Å². The van der Waals surface area contributed by atoms with Gasteiger partial charge in [0.15, 0.2) is 0 Å². The zero-order valence-electron chi connectivity index (χ0n) is 8.47. The Hall–Kier alpha value is -1.29. The van der Waals surface area contributed by atoms with Crippen molar-refractivity contribution in [1.82, 2.24) is 0 Å². The molecule has 0 aliphatic carbocycles. The topological polar surface area (TPSA) is 40.5 Å². The molecule has 2 aromatic carbocycles. The van der Waals surface area contributed by atoms with Gasteiger partial charge >= 0.3 is 7.12 Å². The molecule has 2 N–H and O–H groups in total. The summed E-state index contributed by atoms with van der Waals surface area (Å²) in [6, 6.07) is 14.5. The van der Waals surface area contributed by atoms with Crippen LogP contribution >= 0.6 is 11.6 Å². The lowest BCUT2D eigenvalue weighted by atomic mass is 9.79. The molecule has 80 valence electrons. The molecule has 2 nitrogen and oxygen atoms in total. The smallest absolute Gasteiger partial charge is 0.423 e. The maximum absolute atomic E-state index is 9.07. The van der Waals surface area contributed by atoms with Crippen molar-refractivity contribution in [2.75, 3.05) is 0 Å². The highest BCUT2D eigenvalue weighted by atomic mass is 35.5. The number of halogens is 1. The van der Waals surface area contributed by atoms with Gasteiger partial charge in [-0.25, -0.2) is 0 Å². The molecule has 0 aliphatic rings. The van der Waals surface area contributed by atoms with Crippen molar-refractivity contribution in [2.45, 2.75) is 0 Å². The van der Waals surface area contributed by atoms with E-state index in [-0.39, 0.29) is 0 Å². The van der Waals surface area contributed by atoms with Crippen molar-refractivity contribution in [1.29, 1.82) is 0 Å². The summed E-state index contributed by atoms with van der Waals surface area (Å²) in [5.74, 6) is 0. The van der Waals surface area contributed by atoms with Crippen LogP contribution in [-0.4, -0.2) is 17.2 Å². The van der Waals surface area contributed by atoms with Gasteiger partial charge in [0, 0.05) is 5.02 Å². The quantitative estimate of drug-likeness (QED) is 0.774. The summed E-state index contributed by atoms with van der Waals surface area (Å²) < 4.78 is 0. The Bertz CT molecular complexity index is 483. The fourth-order valence-corrected chi connectivity index (χ4v) is 1.65. The molecule has 0 radical (unpaired) electrons. The molecule has 0 fully saturated rings. The maximum atomic E-state index is 9.07.